The number of carboxylic acids is 1. The molecule has 1 atom stereocenters. The highest BCUT2D eigenvalue weighted by Crippen LogP contribution is 2.42. The SMILES string of the molecule is COCCCN(C)C(C)(C(=O)O)C1CC1. The molecule has 0 aromatic rings. The highest BCUT2D eigenvalue weighted by Gasteiger charge is 2.49. The van der Waals surface area contributed by atoms with E-state index in [0.29, 0.717) is 12.5 Å². The maximum Gasteiger partial charge on any atom is 0.324 e. The van der Waals surface area contributed by atoms with Crippen LogP contribution in [0.15, 0.2) is 0 Å². The van der Waals surface area contributed by atoms with Crippen molar-refractivity contribution < 1.29 is 14.6 Å². The van der Waals surface area contributed by atoms with Gasteiger partial charge in [0.1, 0.15) is 5.54 Å². The summed E-state index contributed by atoms with van der Waals surface area (Å²) in [5.41, 5.74) is -0.687. The van der Waals surface area contributed by atoms with Crippen molar-refractivity contribution in [2.75, 3.05) is 27.3 Å². The molecule has 1 saturated carbocycles. The second kappa shape index (κ2) is 4.94. The third kappa shape index (κ3) is 2.69. The number of ether oxygens (including phenoxy) is 1. The first-order chi connectivity index (χ1) is 7.03. The van der Waals surface area contributed by atoms with Gasteiger partial charge in [-0.3, -0.25) is 9.69 Å². The van der Waals surface area contributed by atoms with Crippen molar-refractivity contribution in [3.63, 3.8) is 0 Å². The smallest absolute Gasteiger partial charge is 0.324 e. The van der Waals surface area contributed by atoms with Crippen molar-refractivity contribution in [2.45, 2.75) is 31.7 Å². The molecule has 1 rings (SSSR count). The van der Waals surface area contributed by atoms with Crippen LogP contribution in [0.5, 0.6) is 0 Å². The lowest BCUT2D eigenvalue weighted by molar-refractivity contribution is -0.151. The van der Waals surface area contributed by atoms with Crippen LogP contribution in [-0.2, 0) is 9.53 Å². The molecule has 0 aromatic heterocycles. The number of rotatable bonds is 7. The minimum absolute atomic E-state index is 0.322. The molecule has 0 bridgehead atoms. The monoisotopic (exact) mass is 215 g/mol. The number of nitrogens with zero attached hydrogens (tertiary/aromatic N) is 1. The van der Waals surface area contributed by atoms with Crippen LogP contribution in [-0.4, -0.2) is 48.8 Å². The Bertz CT molecular complexity index is 228. The Balaban J connectivity index is 2.51. The van der Waals surface area contributed by atoms with Crippen LogP contribution in [0.2, 0.25) is 0 Å². The van der Waals surface area contributed by atoms with Gasteiger partial charge in [0.25, 0.3) is 0 Å². The van der Waals surface area contributed by atoms with Crippen molar-refractivity contribution in [3.05, 3.63) is 0 Å². The fraction of sp³-hybridized carbons (Fsp3) is 0.909. The molecule has 15 heavy (non-hydrogen) atoms. The Labute approximate surface area is 91.2 Å². The fourth-order valence-corrected chi connectivity index (χ4v) is 1.97. The predicted molar refractivity (Wildman–Crippen MR) is 57.9 cm³/mol. The molecule has 88 valence electrons. The van der Waals surface area contributed by atoms with Crippen molar-refractivity contribution in [2.24, 2.45) is 5.92 Å². The van der Waals surface area contributed by atoms with E-state index in [9.17, 15) is 9.90 Å². The predicted octanol–water partition coefficient (Wildman–Crippen LogP) is 1.21. The number of aliphatic carboxylic acids is 1. The summed E-state index contributed by atoms with van der Waals surface area (Å²) >= 11 is 0. The zero-order valence-electron chi connectivity index (χ0n) is 9.82. The van der Waals surface area contributed by atoms with Crippen LogP contribution in [0.4, 0.5) is 0 Å². The molecule has 4 nitrogen and oxygen atoms in total. The van der Waals surface area contributed by atoms with Gasteiger partial charge in [0.15, 0.2) is 0 Å². The van der Waals surface area contributed by atoms with E-state index < -0.39 is 11.5 Å². The average Bonchev–Trinajstić information content (AvgIpc) is 2.99. The Hall–Kier alpha value is -0.610. The Kier molecular flexibility index (Phi) is 4.11. The third-order valence-corrected chi connectivity index (χ3v) is 3.44. The van der Waals surface area contributed by atoms with Crippen LogP contribution < -0.4 is 0 Å². The molecule has 1 unspecified atom stereocenters. The minimum Gasteiger partial charge on any atom is -0.480 e. The Morgan fingerprint density at radius 2 is 2.20 bits per heavy atom. The molecule has 1 aliphatic carbocycles. The first-order valence-electron chi connectivity index (χ1n) is 5.47. The summed E-state index contributed by atoms with van der Waals surface area (Å²) in [4.78, 5) is 13.3. The third-order valence-electron chi connectivity index (χ3n) is 3.44. The topological polar surface area (TPSA) is 49.8 Å². The maximum atomic E-state index is 11.3. The largest absolute Gasteiger partial charge is 0.480 e. The second-order valence-corrected chi connectivity index (χ2v) is 4.49. The first-order valence-corrected chi connectivity index (χ1v) is 5.47. The van der Waals surface area contributed by atoms with Crippen molar-refractivity contribution in [3.8, 4) is 0 Å². The van der Waals surface area contributed by atoms with E-state index in [1.807, 2.05) is 18.9 Å². The van der Waals surface area contributed by atoms with Gasteiger partial charge in [-0.15, -0.1) is 0 Å². The van der Waals surface area contributed by atoms with Crippen LogP contribution >= 0.6 is 0 Å². The van der Waals surface area contributed by atoms with E-state index in [4.69, 9.17) is 4.74 Å². The average molecular weight is 215 g/mol. The van der Waals surface area contributed by atoms with Crippen LogP contribution in [0.25, 0.3) is 0 Å². The van der Waals surface area contributed by atoms with Gasteiger partial charge in [0, 0.05) is 20.3 Å². The molecule has 0 aliphatic heterocycles. The van der Waals surface area contributed by atoms with E-state index in [0.717, 1.165) is 25.8 Å². The molecule has 1 aliphatic rings. The summed E-state index contributed by atoms with van der Waals surface area (Å²) in [5, 5.41) is 9.30. The van der Waals surface area contributed by atoms with Gasteiger partial charge in [-0.1, -0.05) is 0 Å². The van der Waals surface area contributed by atoms with Gasteiger partial charge in [0.05, 0.1) is 0 Å². The molecule has 0 heterocycles. The minimum atomic E-state index is -0.704. The quantitative estimate of drug-likeness (QED) is 0.648. The molecule has 0 spiro atoms. The van der Waals surface area contributed by atoms with Crippen LogP contribution in [0, 0.1) is 5.92 Å². The van der Waals surface area contributed by atoms with Gasteiger partial charge in [0.2, 0.25) is 0 Å². The standard InChI is InChI=1S/C11H21NO3/c1-11(10(13)14,9-5-6-9)12(2)7-4-8-15-3/h9H,4-8H2,1-3H3,(H,13,14). The molecule has 1 fully saturated rings. The Morgan fingerprint density at radius 3 is 2.60 bits per heavy atom. The number of likely N-dealkylation sites (N-methyl/N-ethyl adjacent to an activating group) is 1. The normalized spacial score (nSPS) is 20.3. The Morgan fingerprint density at radius 1 is 1.60 bits per heavy atom. The van der Waals surface area contributed by atoms with Crippen LogP contribution in [0.1, 0.15) is 26.2 Å². The fourth-order valence-electron chi connectivity index (χ4n) is 1.97. The number of carboxylic acid groups (broad SMARTS) is 1. The lowest BCUT2D eigenvalue weighted by Crippen LogP contribution is -2.52. The zero-order valence-corrected chi connectivity index (χ0v) is 9.82. The van der Waals surface area contributed by atoms with Crippen LogP contribution in [0.3, 0.4) is 0 Å². The van der Waals surface area contributed by atoms with Gasteiger partial charge in [-0.25, -0.2) is 0 Å². The second-order valence-electron chi connectivity index (χ2n) is 4.49. The van der Waals surface area contributed by atoms with Crippen molar-refractivity contribution in [1.29, 1.82) is 0 Å². The zero-order chi connectivity index (χ0) is 11.5. The lowest BCUT2D eigenvalue weighted by Gasteiger charge is -2.35. The van der Waals surface area contributed by atoms with E-state index in [1.165, 1.54) is 0 Å². The van der Waals surface area contributed by atoms with Crippen molar-refractivity contribution >= 4 is 5.97 Å². The lowest BCUT2D eigenvalue weighted by atomic mass is 9.94. The number of hydrogen-bond donors (Lipinski definition) is 1. The van der Waals surface area contributed by atoms with Gasteiger partial charge in [-0.2, -0.15) is 0 Å². The summed E-state index contributed by atoms with van der Waals surface area (Å²) in [6.45, 7) is 3.29. The number of methoxy groups -OCH3 is 1. The summed E-state index contributed by atoms with van der Waals surface area (Å²) in [6, 6.07) is 0. The molecular formula is C11H21NO3. The highest BCUT2D eigenvalue weighted by atomic mass is 16.5. The van der Waals surface area contributed by atoms with Gasteiger partial charge < -0.3 is 9.84 Å². The number of hydrogen-bond acceptors (Lipinski definition) is 3. The van der Waals surface area contributed by atoms with E-state index in [2.05, 4.69) is 0 Å². The molecule has 0 radical (unpaired) electrons. The van der Waals surface area contributed by atoms with E-state index >= 15 is 0 Å². The van der Waals surface area contributed by atoms with Crippen molar-refractivity contribution in [1.82, 2.24) is 4.90 Å². The summed E-state index contributed by atoms with van der Waals surface area (Å²) in [7, 11) is 3.55. The number of carbonyl (C=O) groups is 1. The highest BCUT2D eigenvalue weighted by molar-refractivity contribution is 5.79. The van der Waals surface area contributed by atoms with Gasteiger partial charge >= 0.3 is 5.97 Å². The molecular weight excluding hydrogens is 194 g/mol. The summed E-state index contributed by atoms with van der Waals surface area (Å²) in [5.74, 6) is -0.382. The molecule has 1 N–H and O–H groups in total. The van der Waals surface area contributed by atoms with E-state index in [-0.39, 0.29) is 0 Å². The molecule has 0 amide bonds. The molecule has 0 aromatic carbocycles. The summed E-state index contributed by atoms with van der Waals surface area (Å²) in [6.07, 6.45) is 2.96. The summed E-state index contributed by atoms with van der Waals surface area (Å²) < 4.78 is 4.97. The van der Waals surface area contributed by atoms with Gasteiger partial charge in [-0.05, 0) is 39.2 Å². The van der Waals surface area contributed by atoms with E-state index in [1.54, 1.807) is 7.11 Å². The molecule has 4 heteroatoms. The maximum absolute atomic E-state index is 11.3. The first kappa shape index (κ1) is 12.5. The molecule has 0 saturated heterocycles.